The van der Waals surface area contributed by atoms with Gasteiger partial charge in [0.25, 0.3) is 12.5 Å². The third-order valence-electron chi connectivity index (χ3n) is 18.1. The second-order valence-corrected chi connectivity index (χ2v) is 27.9. The minimum Gasteiger partial charge on any atom is -0.481 e. The summed E-state index contributed by atoms with van der Waals surface area (Å²) < 4.78 is 38.3. The predicted molar refractivity (Wildman–Crippen MR) is 488 cm³/mol. The van der Waals surface area contributed by atoms with Crippen LogP contribution < -0.4 is 30.1 Å². The number of H-pyrrole nitrogens is 4. The number of fused-ring (bicyclic) bond motifs is 4. The Balaban J connectivity index is 0.000000176. The van der Waals surface area contributed by atoms with Crippen molar-refractivity contribution >= 4 is 103 Å². The minimum atomic E-state index is -1.44. The fraction of sp³-hybridized carbons (Fsp3) is 0.124. The van der Waals surface area contributed by atoms with E-state index in [4.69, 9.17) is 58.9 Å². The van der Waals surface area contributed by atoms with Gasteiger partial charge in [0.1, 0.15) is 58.8 Å². The second-order valence-electron chi connectivity index (χ2n) is 26.9. The molecule has 0 radical (unpaired) electrons. The second kappa shape index (κ2) is 48.9. The van der Waals surface area contributed by atoms with Gasteiger partial charge in [0.2, 0.25) is 0 Å². The van der Waals surface area contributed by atoms with Crippen LogP contribution in [0.2, 0.25) is 0 Å². The number of halogens is 1. The van der Waals surface area contributed by atoms with E-state index in [1.54, 1.807) is 51.2 Å². The quantitative estimate of drug-likeness (QED) is 0.00915. The highest BCUT2D eigenvalue weighted by Gasteiger charge is 2.32. The Kier molecular flexibility index (Phi) is 36.6. The van der Waals surface area contributed by atoms with Gasteiger partial charge in [-0.3, -0.25) is 29.8 Å². The number of hydrogen-bond acceptors (Lipinski definition) is 19. The van der Waals surface area contributed by atoms with E-state index in [-0.39, 0.29) is 25.6 Å². The first-order chi connectivity index (χ1) is 60.6. The molecule has 0 aliphatic carbocycles. The van der Waals surface area contributed by atoms with E-state index in [1.165, 1.54) is 27.4 Å². The van der Waals surface area contributed by atoms with Crippen LogP contribution in [-0.4, -0.2) is 121 Å². The van der Waals surface area contributed by atoms with E-state index in [2.05, 4.69) is 113 Å². The number of esters is 3. The van der Waals surface area contributed by atoms with Crippen LogP contribution in [0.25, 0.3) is 77.0 Å². The summed E-state index contributed by atoms with van der Waals surface area (Å²) in [5.74, 6) is 3.41. The average Bonchev–Trinajstić information content (AvgIpc) is 1.68. The van der Waals surface area contributed by atoms with Crippen molar-refractivity contribution in [2.24, 2.45) is 5.73 Å². The number of para-hydroxylation sites is 4. The number of aromatic nitrogens is 4. The highest BCUT2D eigenvalue weighted by molar-refractivity contribution is 9.10. The molecule has 125 heavy (non-hydrogen) atoms. The van der Waals surface area contributed by atoms with Crippen molar-refractivity contribution < 1.29 is 82.1 Å². The summed E-state index contributed by atoms with van der Waals surface area (Å²) >= 11 is 3.40. The lowest BCUT2D eigenvalue weighted by Gasteiger charge is -2.10. The molecule has 0 amide bonds. The van der Waals surface area contributed by atoms with E-state index >= 15 is 0 Å². The molecule has 0 aliphatic rings. The molecule has 16 aromatic rings. The number of nitrogens with one attached hydrogen (secondary N) is 4. The maximum absolute atomic E-state index is 11.9. The third-order valence-corrected chi connectivity index (χ3v) is 18.6. The highest BCUT2D eigenvalue weighted by atomic mass is 79.9. The lowest BCUT2D eigenvalue weighted by molar-refractivity contribution is -0.510. The van der Waals surface area contributed by atoms with Crippen molar-refractivity contribution in [3.63, 3.8) is 0 Å². The molecule has 0 saturated carbocycles. The molecular formula is C97H91BBrN7O19. The van der Waals surface area contributed by atoms with Crippen LogP contribution in [0, 0.1) is 20.2 Å². The van der Waals surface area contributed by atoms with Crippen LogP contribution in [0.4, 0.5) is 0 Å². The Bertz CT molecular complexity index is 6060. The van der Waals surface area contributed by atoms with Gasteiger partial charge >= 0.3 is 31.1 Å². The lowest BCUT2D eigenvalue weighted by Crippen LogP contribution is -2.34. The predicted octanol–water partition coefficient (Wildman–Crippen LogP) is 19.9. The Labute approximate surface area is 728 Å². The van der Waals surface area contributed by atoms with Crippen LogP contribution in [0.5, 0.6) is 46.0 Å². The molecule has 28 heteroatoms. The summed E-state index contributed by atoms with van der Waals surface area (Å²) in [5.41, 5.74) is 18.9. The summed E-state index contributed by atoms with van der Waals surface area (Å²) in [6.07, 6.45) is 7.92. The number of nitro groups is 2. The van der Waals surface area contributed by atoms with Gasteiger partial charge in [0.15, 0.2) is 0 Å². The molecule has 0 aliphatic heterocycles. The van der Waals surface area contributed by atoms with Crippen LogP contribution >= 0.6 is 15.9 Å². The fourth-order valence-corrected chi connectivity index (χ4v) is 12.6. The molecule has 0 saturated heterocycles. The zero-order valence-corrected chi connectivity index (χ0v) is 70.2. The first-order valence-electron chi connectivity index (χ1n) is 39.3. The Morgan fingerprint density at radius 2 is 0.752 bits per heavy atom. The van der Waals surface area contributed by atoms with Crippen molar-refractivity contribution in [1.82, 2.24) is 19.9 Å². The molecule has 2 unspecified atom stereocenters. The molecular weight excluding hydrogens is 1660 g/mol. The largest absolute Gasteiger partial charge is 0.488 e. The number of carboxylic acids is 1. The number of nitrogens with zero attached hydrogens (tertiary/aromatic N) is 2. The Morgan fingerprint density at radius 3 is 1.12 bits per heavy atom. The monoisotopic (exact) mass is 1750 g/mol. The van der Waals surface area contributed by atoms with Gasteiger partial charge < -0.3 is 78.8 Å². The van der Waals surface area contributed by atoms with Crippen LogP contribution in [-0.2, 0) is 51.0 Å². The van der Waals surface area contributed by atoms with Crippen molar-refractivity contribution in [3.05, 3.63) is 364 Å². The number of rotatable bonds is 24. The standard InChI is InChI=1S/C25H22N2O5.C25H24N2O3.C20H15NO.C12H11BO3.C8H6BrN.C4H7NO4.C2H4O2.CH2O/c1-2-31-25(28)24(27(29)30)15-19-16-26-23-14-18(10-13-22(19)23)17-8-11-21(12-9-17)32-20-6-4-3-5-7-20;1-2-29-25(28)23(26)14-19-16-27-24-15-18(10-13-22(19)24)17-8-11-21(12-9-17)30-20-6-4-3-5-7-20;1-2-4-18(5-3-1)22-19-10-8-15(9-11-19)17-7-6-16-12-13-21-20(16)14-17;14-13(15)10-6-8-12(9-7-10)16-11-4-2-1-3-5-11;9-7-2-1-6-3-4-10-8(6)5-7;1-2-9-4(6)3-5(7)8;1-2(3)4;1-2/h3-14,16,24,26H,2,15H2,1H3;3-13,15-16,23,27H,2,14,26H2,1H3;1-14,21H;1-9,14-15H;1-5,10H;2-3H2,1H3;1H3,(H,3,4);1H2. The molecule has 26 nitrogen and oxygen atoms in total. The summed E-state index contributed by atoms with van der Waals surface area (Å²) in [6, 6.07) is 95.8. The summed E-state index contributed by atoms with van der Waals surface area (Å²) in [6.45, 7) is 7.97. The van der Waals surface area contributed by atoms with Gasteiger partial charge in [0.05, 0.1) is 26.2 Å². The first kappa shape index (κ1) is 93.6. The third kappa shape index (κ3) is 29.9. The molecule has 4 heterocycles. The van der Waals surface area contributed by atoms with Crippen LogP contribution in [0.15, 0.2) is 333 Å². The number of benzene rings is 12. The van der Waals surface area contributed by atoms with Crippen molar-refractivity contribution in [3.8, 4) is 79.4 Å². The normalized spacial score (nSPS) is 10.7. The maximum Gasteiger partial charge on any atom is 0.488 e. The zero-order valence-electron chi connectivity index (χ0n) is 68.6. The van der Waals surface area contributed by atoms with E-state index in [0.29, 0.717) is 29.8 Å². The smallest absolute Gasteiger partial charge is 0.481 e. The number of nitrogens with two attached hydrogens (primary N) is 1. The summed E-state index contributed by atoms with van der Waals surface area (Å²) in [7, 11) is -1.44. The molecule has 12 aromatic carbocycles. The Hall–Kier alpha value is -15.2. The molecule has 0 bridgehead atoms. The number of hydrogen-bond donors (Lipinski definition) is 8. The molecule has 16 rings (SSSR count). The van der Waals surface area contributed by atoms with Gasteiger partial charge in [-0.15, -0.1) is 0 Å². The van der Waals surface area contributed by atoms with E-state index < -0.39 is 53.5 Å². The van der Waals surface area contributed by atoms with E-state index in [9.17, 15) is 34.6 Å². The number of aliphatic carboxylic acids is 1. The SMILES string of the molecule is Brc1ccc2cc[nH]c2c1.C=O.CC(=O)O.CCOC(=O)C(Cc1c[nH]c2cc(-c3ccc(Oc4ccccc4)cc3)ccc12)[N+](=O)[O-].CCOC(=O)C(N)Cc1c[nH]c2cc(-c3ccc(Oc4ccccc4)cc3)ccc12.CCOC(=O)C[N+](=O)[O-].OB(O)c1ccc(Oc2ccccc2)cc1.c1ccc(Oc2ccc(-c3ccc4cc[nH]c4c3)cc2)cc1. The van der Waals surface area contributed by atoms with Crippen molar-refractivity contribution in [2.75, 3.05) is 26.4 Å². The fourth-order valence-electron chi connectivity index (χ4n) is 12.2. The van der Waals surface area contributed by atoms with E-state index in [0.717, 1.165) is 107 Å². The van der Waals surface area contributed by atoms with Crippen LogP contribution in [0.3, 0.4) is 0 Å². The highest BCUT2D eigenvalue weighted by Crippen LogP contribution is 2.34. The molecule has 9 N–H and O–H groups in total. The number of ether oxygens (including phenoxy) is 7. The topological polar surface area (TPSA) is 386 Å². The number of carboxylic acid groups (broad SMARTS) is 1. The van der Waals surface area contributed by atoms with Crippen LogP contribution in [0.1, 0.15) is 38.8 Å². The molecule has 638 valence electrons. The number of carbonyl (C=O) groups is 5. The van der Waals surface area contributed by atoms with Gasteiger partial charge in [0, 0.05) is 85.3 Å². The molecule has 0 spiro atoms. The first-order valence-corrected chi connectivity index (χ1v) is 40.0. The number of carbonyl (C=O) groups excluding carboxylic acids is 4. The molecule has 2 atom stereocenters. The number of aromatic amines is 4. The Morgan fingerprint density at radius 1 is 0.424 bits per heavy atom. The van der Waals surface area contributed by atoms with Crippen molar-refractivity contribution in [2.45, 2.75) is 52.6 Å². The maximum atomic E-state index is 11.9. The molecule has 0 fully saturated rings. The molecule has 4 aromatic heterocycles. The minimum absolute atomic E-state index is 0.0310. The van der Waals surface area contributed by atoms with Gasteiger partial charge in [-0.1, -0.05) is 180 Å². The zero-order chi connectivity index (χ0) is 89.4. The summed E-state index contributed by atoms with van der Waals surface area (Å²) in [5, 5.41) is 50.6. The summed E-state index contributed by atoms with van der Waals surface area (Å²) in [4.78, 5) is 83.4. The van der Waals surface area contributed by atoms with Gasteiger partial charge in [-0.25, -0.2) is 9.59 Å². The van der Waals surface area contributed by atoms with Gasteiger partial charge in [-0.2, -0.15) is 0 Å². The lowest BCUT2D eigenvalue weighted by atomic mass is 9.80. The van der Waals surface area contributed by atoms with E-state index in [1.807, 2.05) is 232 Å². The van der Waals surface area contributed by atoms with Gasteiger partial charge in [-0.05, 0) is 221 Å². The van der Waals surface area contributed by atoms with Crippen molar-refractivity contribution in [1.29, 1.82) is 0 Å². The average molecular weight is 1750 g/mol.